The summed E-state index contributed by atoms with van der Waals surface area (Å²) in [5.41, 5.74) is 0.0828. The Balaban J connectivity index is 2.04. The highest BCUT2D eigenvalue weighted by Gasteiger charge is 2.41. The van der Waals surface area contributed by atoms with Crippen LogP contribution >= 0.6 is 0 Å². The maximum absolute atomic E-state index is 11.3. The van der Waals surface area contributed by atoms with E-state index in [1.807, 2.05) is 0 Å². The van der Waals surface area contributed by atoms with Gasteiger partial charge in [-0.15, -0.1) is 0 Å². The van der Waals surface area contributed by atoms with E-state index in [1.54, 1.807) is 0 Å². The molecule has 2 aliphatic rings. The van der Waals surface area contributed by atoms with E-state index in [-0.39, 0.29) is 5.41 Å². The molecular formula is C12H20O. The minimum absolute atomic E-state index is 0.0828. The maximum atomic E-state index is 11.3. The van der Waals surface area contributed by atoms with Gasteiger partial charge in [-0.1, -0.05) is 32.6 Å². The average molecular weight is 180 g/mol. The van der Waals surface area contributed by atoms with Crippen LogP contribution in [0, 0.1) is 17.3 Å². The summed E-state index contributed by atoms with van der Waals surface area (Å²) >= 11 is 0. The summed E-state index contributed by atoms with van der Waals surface area (Å²) in [6, 6.07) is 0. The minimum atomic E-state index is 0.0828. The van der Waals surface area contributed by atoms with Crippen LogP contribution in [0.2, 0.25) is 0 Å². The Morgan fingerprint density at radius 3 is 2.62 bits per heavy atom. The Hall–Kier alpha value is -0.330. The Morgan fingerprint density at radius 1 is 1.31 bits per heavy atom. The van der Waals surface area contributed by atoms with Crippen molar-refractivity contribution in [3.8, 4) is 0 Å². The molecule has 0 heterocycles. The predicted octanol–water partition coefficient (Wildman–Crippen LogP) is 3.18. The summed E-state index contributed by atoms with van der Waals surface area (Å²) in [4.78, 5) is 11.3. The highest BCUT2D eigenvalue weighted by molar-refractivity contribution is 5.60. The topological polar surface area (TPSA) is 17.1 Å². The van der Waals surface area contributed by atoms with Crippen molar-refractivity contribution in [3.63, 3.8) is 0 Å². The van der Waals surface area contributed by atoms with E-state index in [0.29, 0.717) is 5.92 Å². The van der Waals surface area contributed by atoms with Gasteiger partial charge in [0.05, 0.1) is 0 Å². The van der Waals surface area contributed by atoms with Gasteiger partial charge < -0.3 is 4.79 Å². The number of aldehydes is 1. The Bertz CT molecular complexity index is 195. The van der Waals surface area contributed by atoms with Crippen LogP contribution in [-0.4, -0.2) is 6.29 Å². The predicted molar refractivity (Wildman–Crippen MR) is 53.5 cm³/mol. The van der Waals surface area contributed by atoms with Crippen LogP contribution in [0.15, 0.2) is 0 Å². The maximum Gasteiger partial charge on any atom is 0.126 e. The molecule has 2 aliphatic carbocycles. The quantitative estimate of drug-likeness (QED) is 0.610. The van der Waals surface area contributed by atoms with Crippen molar-refractivity contribution < 1.29 is 4.79 Å². The summed E-state index contributed by atoms with van der Waals surface area (Å²) in [6.07, 6.45) is 10.3. The van der Waals surface area contributed by atoms with Crippen LogP contribution in [0.4, 0.5) is 0 Å². The molecule has 13 heavy (non-hydrogen) atoms. The minimum Gasteiger partial charge on any atom is -0.303 e. The third kappa shape index (κ3) is 1.79. The lowest BCUT2D eigenvalue weighted by molar-refractivity contribution is -0.121. The first-order chi connectivity index (χ1) is 6.27. The number of carbonyl (C=O) groups is 1. The lowest BCUT2D eigenvalue weighted by atomic mass is 9.65. The van der Waals surface area contributed by atoms with E-state index < -0.39 is 0 Å². The van der Waals surface area contributed by atoms with Gasteiger partial charge in [-0.25, -0.2) is 0 Å². The first kappa shape index (κ1) is 9.23. The van der Waals surface area contributed by atoms with Crippen molar-refractivity contribution in [2.24, 2.45) is 17.3 Å². The Labute approximate surface area is 80.9 Å². The summed E-state index contributed by atoms with van der Waals surface area (Å²) < 4.78 is 0. The summed E-state index contributed by atoms with van der Waals surface area (Å²) in [5, 5.41) is 0. The molecule has 74 valence electrons. The zero-order valence-corrected chi connectivity index (χ0v) is 8.59. The summed E-state index contributed by atoms with van der Waals surface area (Å²) in [7, 11) is 0. The SMILES string of the molecule is CC1CCCCC1(C=O)CC1CC1. The third-order valence-corrected chi connectivity index (χ3v) is 4.11. The number of hydrogen-bond acceptors (Lipinski definition) is 1. The van der Waals surface area contributed by atoms with Crippen LogP contribution in [0.1, 0.15) is 51.9 Å². The highest BCUT2D eigenvalue weighted by atomic mass is 16.1. The molecule has 0 bridgehead atoms. The molecule has 2 fully saturated rings. The number of hydrogen-bond donors (Lipinski definition) is 0. The van der Waals surface area contributed by atoms with Crippen molar-refractivity contribution >= 4 is 6.29 Å². The van der Waals surface area contributed by atoms with E-state index in [1.165, 1.54) is 44.8 Å². The molecule has 2 saturated carbocycles. The zero-order valence-electron chi connectivity index (χ0n) is 8.59. The lowest BCUT2D eigenvalue weighted by Crippen LogP contribution is -2.34. The molecule has 0 saturated heterocycles. The van der Waals surface area contributed by atoms with Gasteiger partial charge in [-0.05, 0) is 31.1 Å². The van der Waals surface area contributed by atoms with Crippen molar-refractivity contribution in [2.45, 2.75) is 51.9 Å². The monoisotopic (exact) mass is 180 g/mol. The molecule has 2 unspecified atom stereocenters. The van der Waals surface area contributed by atoms with E-state index in [9.17, 15) is 4.79 Å². The van der Waals surface area contributed by atoms with Gasteiger partial charge in [-0.2, -0.15) is 0 Å². The second-order valence-electron chi connectivity index (χ2n) is 5.15. The van der Waals surface area contributed by atoms with Gasteiger partial charge in [0.1, 0.15) is 6.29 Å². The summed E-state index contributed by atoms with van der Waals surface area (Å²) in [6.45, 7) is 2.27. The molecular weight excluding hydrogens is 160 g/mol. The van der Waals surface area contributed by atoms with Gasteiger partial charge in [-0.3, -0.25) is 0 Å². The van der Waals surface area contributed by atoms with Crippen LogP contribution in [0.25, 0.3) is 0 Å². The van der Waals surface area contributed by atoms with Crippen molar-refractivity contribution in [3.05, 3.63) is 0 Å². The van der Waals surface area contributed by atoms with Crippen LogP contribution in [0.5, 0.6) is 0 Å². The molecule has 0 amide bonds. The first-order valence-electron chi connectivity index (χ1n) is 5.73. The first-order valence-corrected chi connectivity index (χ1v) is 5.73. The smallest absolute Gasteiger partial charge is 0.126 e. The van der Waals surface area contributed by atoms with Gasteiger partial charge in [0.2, 0.25) is 0 Å². The number of carbonyl (C=O) groups excluding carboxylic acids is 1. The molecule has 2 atom stereocenters. The second-order valence-corrected chi connectivity index (χ2v) is 5.15. The largest absolute Gasteiger partial charge is 0.303 e. The molecule has 1 heteroatoms. The fourth-order valence-electron chi connectivity index (χ4n) is 2.82. The van der Waals surface area contributed by atoms with Crippen LogP contribution < -0.4 is 0 Å². The van der Waals surface area contributed by atoms with E-state index >= 15 is 0 Å². The van der Waals surface area contributed by atoms with Gasteiger partial charge >= 0.3 is 0 Å². The molecule has 2 rings (SSSR count). The molecule has 0 radical (unpaired) electrons. The zero-order chi connectivity index (χ0) is 9.31. The van der Waals surface area contributed by atoms with E-state index in [4.69, 9.17) is 0 Å². The van der Waals surface area contributed by atoms with Crippen LogP contribution in [0.3, 0.4) is 0 Å². The molecule has 0 N–H and O–H groups in total. The normalized spacial score (nSPS) is 40.2. The van der Waals surface area contributed by atoms with E-state index in [0.717, 1.165) is 12.3 Å². The average Bonchev–Trinajstić information content (AvgIpc) is 2.93. The van der Waals surface area contributed by atoms with Crippen LogP contribution in [-0.2, 0) is 4.79 Å². The molecule has 0 aromatic heterocycles. The Morgan fingerprint density at radius 2 is 2.08 bits per heavy atom. The third-order valence-electron chi connectivity index (χ3n) is 4.11. The van der Waals surface area contributed by atoms with Gasteiger partial charge in [0, 0.05) is 5.41 Å². The highest BCUT2D eigenvalue weighted by Crippen LogP contribution is 2.49. The molecule has 1 nitrogen and oxygen atoms in total. The standard InChI is InChI=1S/C12H20O/c1-10-4-2-3-7-12(10,9-13)8-11-5-6-11/h9-11H,2-8H2,1H3. The molecule has 0 aliphatic heterocycles. The van der Waals surface area contributed by atoms with Gasteiger partial charge in [0.25, 0.3) is 0 Å². The molecule has 0 aromatic carbocycles. The van der Waals surface area contributed by atoms with Crippen molar-refractivity contribution in [2.75, 3.05) is 0 Å². The number of rotatable bonds is 3. The lowest BCUT2D eigenvalue weighted by Gasteiger charge is -2.38. The fraction of sp³-hybridized carbons (Fsp3) is 0.917. The van der Waals surface area contributed by atoms with Crippen molar-refractivity contribution in [1.29, 1.82) is 0 Å². The van der Waals surface area contributed by atoms with Gasteiger partial charge in [0.15, 0.2) is 0 Å². The Kier molecular flexibility index (Phi) is 2.44. The summed E-state index contributed by atoms with van der Waals surface area (Å²) in [5.74, 6) is 1.53. The van der Waals surface area contributed by atoms with E-state index in [2.05, 4.69) is 6.92 Å². The molecule has 0 spiro atoms. The second kappa shape index (κ2) is 3.43. The van der Waals surface area contributed by atoms with Crippen molar-refractivity contribution in [1.82, 2.24) is 0 Å². The molecule has 0 aromatic rings. The fourth-order valence-corrected chi connectivity index (χ4v) is 2.82.